The van der Waals surface area contributed by atoms with Crippen molar-refractivity contribution >= 4 is 23.0 Å². The van der Waals surface area contributed by atoms with Gasteiger partial charge in [-0.2, -0.15) is 5.10 Å². The van der Waals surface area contributed by atoms with Crippen molar-refractivity contribution in [1.82, 2.24) is 0 Å². The lowest BCUT2D eigenvalue weighted by Crippen LogP contribution is -2.07. The van der Waals surface area contributed by atoms with Crippen LogP contribution in [-0.4, -0.2) is 5.71 Å². The van der Waals surface area contributed by atoms with E-state index in [0.717, 1.165) is 22.8 Å². The van der Waals surface area contributed by atoms with Crippen LogP contribution in [0.1, 0.15) is 27.2 Å². The first-order valence-electron chi connectivity index (χ1n) is 5.19. The molecule has 15 heavy (non-hydrogen) atoms. The van der Waals surface area contributed by atoms with E-state index in [4.69, 9.17) is 11.6 Å². The topological polar surface area (TPSA) is 24.4 Å². The van der Waals surface area contributed by atoms with Gasteiger partial charge in [-0.05, 0) is 43.5 Å². The summed E-state index contributed by atoms with van der Waals surface area (Å²) in [7, 11) is 0. The van der Waals surface area contributed by atoms with Gasteiger partial charge >= 0.3 is 0 Å². The number of nitrogens with one attached hydrogen (secondary N) is 1. The maximum absolute atomic E-state index is 5.78. The molecule has 0 aliphatic carbocycles. The van der Waals surface area contributed by atoms with Crippen LogP contribution in [-0.2, 0) is 0 Å². The van der Waals surface area contributed by atoms with Gasteiger partial charge in [-0.1, -0.05) is 25.4 Å². The summed E-state index contributed by atoms with van der Waals surface area (Å²) in [5.74, 6) is 0.518. The molecule has 0 heterocycles. The molecule has 0 aliphatic rings. The molecule has 3 heteroatoms. The number of nitrogens with zero attached hydrogens (tertiary/aromatic N) is 1. The number of hydrogen-bond donors (Lipinski definition) is 1. The zero-order valence-corrected chi connectivity index (χ0v) is 10.2. The molecule has 2 nitrogen and oxygen atoms in total. The van der Waals surface area contributed by atoms with E-state index in [9.17, 15) is 0 Å². The van der Waals surface area contributed by atoms with Crippen molar-refractivity contribution in [3.05, 3.63) is 29.3 Å². The average molecular weight is 225 g/mol. The van der Waals surface area contributed by atoms with Crippen molar-refractivity contribution in [2.75, 3.05) is 5.43 Å². The van der Waals surface area contributed by atoms with Gasteiger partial charge in [0, 0.05) is 10.7 Å². The molecule has 0 saturated carbocycles. The molecule has 0 bridgehead atoms. The summed E-state index contributed by atoms with van der Waals surface area (Å²) >= 11 is 5.78. The second-order valence-electron chi connectivity index (χ2n) is 3.68. The van der Waals surface area contributed by atoms with E-state index in [0.29, 0.717) is 5.92 Å². The van der Waals surface area contributed by atoms with Gasteiger partial charge in [0.25, 0.3) is 0 Å². The van der Waals surface area contributed by atoms with Crippen molar-refractivity contribution < 1.29 is 0 Å². The lowest BCUT2D eigenvalue weighted by atomic mass is 10.1. The van der Waals surface area contributed by atoms with Crippen LogP contribution in [0, 0.1) is 5.92 Å². The van der Waals surface area contributed by atoms with E-state index in [-0.39, 0.29) is 0 Å². The zero-order chi connectivity index (χ0) is 11.3. The molecule has 1 rings (SSSR count). The Bertz CT molecular complexity index is 330. The predicted molar refractivity (Wildman–Crippen MR) is 67.6 cm³/mol. The Hall–Kier alpha value is -1.02. The second-order valence-corrected chi connectivity index (χ2v) is 4.12. The first-order chi connectivity index (χ1) is 7.13. The standard InChI is InChI=1S/C12H17ClN2/c1-4-9(2)10(3)14-15-12-7-5-11(13)6-8-12/h5-9,15H,4H2,1-3H3/b14-10-/t9-/m1/s1. The van der Waals surface area contributed by atoms with Crippen LogP contribution in [0.15, 0.2) is 29.4 Å². The summed E-state index contributed by atoms with van der Waals surface area (Å²) in [5, 5.41) is 5.06. The largest absolute Gasteiger partial charge is 0.279 e. The van der Waals surface area contributed by atoms with E-state index in [1.54, 1.807) is 0 Å². The molecule has 0 aromatic heterocycles. The number of hydrogen-bond acceptors (Lipinski definition) is 2. The van der Waals surface area contributed by atoms with Gasteiger partial charge in [0.15, 0.2) is 0 Å². The van der Waals surface area contributed by atoms with E-state index in [1.165, 1.54) is 0 Å². The minimum absolute atomic E-state index is 0.518. The molecule has 0 fully saturated rings. The third kappa shape index (κ3) is 3.92. The Kier molecular flexibility index (Phi) is 4.63. The zero-order valence-electron chi connectivity index (χ0n) is 9.42. The Balaban J connectivity index is 2.59. The van der Waals surface area contributed by atoms with E-state index in [2.05, 4.69) is 24.4 Å². The summed E-state index contributed by atoms with van der Waals surface area (Å²) in [6, 6.07) is 7.52. The van der Waals surface area contributed by atoms with E-state index in [1.807, 2.05) is 31.2 Å². The Labute approximate surface area is 96.3 Å². The third-order valence-corrected chi connectivity index (χ3v) is 2.78. The molecule has 1 atom stereocenters. The fourth-order valence-electron chi connectivity index (χ4n) is 1.08. The summed E-state index contributed by atoms with van der Waals surface area (Å²) in [6.07, 6.45) is 1.11. The van der Waals surface area contributed by atoms with Gasteiger partial charge in [0.2, 0.25) is 0 Å². The maximum Gasteiger partial charge on any atom is 0.0562 e. The molecular formula is C12H17ClN2. The smallest absolute Gasteiger partial charge is 0.0562 e. The van der Waals surface area contributed by atoms with Gasteiger partial charge in [-0.25, -0.2) is 0 Å². The normalized spacial score (nSPS) is 13.7. The average Bonchev–Trinajstić information content (AvgIpc) is 2.26. The molecule has 1 N–H and O–H groups in total. The molecule has 0 amide bonds. The minimum atomic E-state index is 0.518. The van der Waals surface area contributed by atoms with Crippen LogP contribution in [0.2, 0.25) is 5.02 Å². The Morgan fingerprint density at radius 1 is 1.40 bits per heavy atom. The summed E-state index contributed by atoms with van der Waals surface area (Å²) in [4.78, 5) is 0. The summed E-state index contributed by atoms with van der Waals surface area (Å²) < 4.78 is 0. The van der Waals surface area contributed by atoms with Crippen molar-refractivity contribution in [3.63, 3.8) is 0 Å². The molecule has 0 unspecified atom stereocenters. The lowest BCUT2D eigenvalue weighted by molar-refractivity contribution is 0.734. The highest BCUT2D eigenvalue weighted by Crippen LogP contribution is 2.13. The van der Waals surface area contributed by atoms with Gasteiger partial charge in [0.1, 0.15) is 0 Å². The SMILES string of the molecule is CC[C@@H](C)/C(C)=N\Nc1ccc(Cl)cc1. The van der Waals surface area contributed by atoms with Crippen LogP contribution in [0.3, 0.4) is 0 Å². The maximum atomic E-state index is 5.78. The number of rotatable bonds is 4. The highest BCUT2D eigenvalue weighted by molar-refractivity contribution is 6.30. The van der Waals surface area contributed by atoms with Crippen LogP contribution >= 0.6 is 11.6 Å². The lowest BCUT2D eigenvalue weighted by Gasteiger charge is -2.08. The van der Waals surface area contributed by atoms with Crippen molar-refractivity contribution in [2.45, 2.75) is 27.2 Å². The number of halogens is 1. The van der Waals surface area contributed by atoms with E-state index >= 15 is 0 Å². The highest BCUT2D eigenvalue weighted by atomic mass is 35.5. The van der Waals surface area contributed by atoms with Gasteiger partial charge in [-0.3, -0.25) is 5.43 Å². The van der Waals surface area contributed by atoms with Gasteiger partial charge in [-0.15, -0.1) is 0 Å². The molecule has 0 saturated heterocycles. The van der Waals surface area contributed by atoms with Gasteiger partial charge in [0.05, 0.1) is 5.69 Å². The molecule has 82 valence electrons. The number of hydrazone groups is 1. The quantitative estimate of drug-likeness (QED) is 0.602. The molecular weight excluding hydrogens is 208 g/mol. The molecule has 0 radical (unpaired) electrons. The van der Waals surface area contributed by atoms with Crippen LogP contribution < -0.4 is 5.43 Å². The molecule has 0 aliphatic heterocycles. The fourth-order valence-corrected chi connectivity index (χ4v) is 1.21. The summed E-state index contributed by atoms with van der Waals surface area (Å²) in [6.45, 7) is 6.37. The molecule has 1 aromatic rings. The number of benzene rings is 1. The van der Waals surface area contributed by atoms with Crippen LogP contribution in [0.5, 0.6) is 0 Å². The number of anilines is 1. The second kappa shape index (κ2) is 5.76. The van der Waals surface area contributed by atoms with Gasteiger partial charge < -0.3 is 0 Å². The third-order valence-electron chi connectivity index (χ3n) is 2.53. The Morgan fingerprint density at radius 2 is 2.00 bits per heavy atom. The highest BCUT2D eigenvalue weighted by Gasteiger charge is 2.01. The van der Waals surface area contributed by atoms with Crippen molar-refractivity contribution in [2.24, 2.45) is 11.0 Å². The fraction of sp³-hybridized carbons (Fsp3) is 0.417. The first kappa shape index (κ1) is 12.1. The van der Waals surface area contributed by atoms with Crippen LogP contribution in [0.25, 0.3) is 0 Å². The van der Waals surface area contributed by atoms with Crippen molar-refractivity contribution in [1.29, 1.82) is 0 Å². The van der Waals surface area contributed by atoms with Crippen LogP contribution in [0.4, 0.5) is 5.69 Å². The minimum Gasteiger partial charge on any atom is -0.279 e. The molecule has 1 aromatic carbocycles. The monoisotopic (exact) mass is 224 g/mol. The predicted octanol–water partition coefficient (Wildman–Crippen LogP) is 4.17. The first-order valence-corrected chi connectivity index (χ1v) is 5.57. The van der Waals surface area contributed by atoms with Crippen molar-refractivity contribution in [3.8, 4) is 0 Å². The summed E-state index contributed by atoms with van der Waals surface area (Å²) in [5.41, 5.74) is 5.09. The Morgan fingerprint density at radius 3 is 2.53 bits per heavy atom. The molecule has 0 spiro atoms. The van der Waals surface area contributed by atoms with E-state index < -0.39 is 0 Å².